The number of nitrogens with zero attached hydrogens (tertiary/aromatic N) is 1. The van der Waals surface area contributed by atoms with Crippen LogP contribution < -0.4 is 4.74 Å². The zero-order valence-electron chi connectivity index (χ0n) is 11.7. The Hall–Kier alpha value is -1.51. The number of ether oxygens (including phenoxy) is 1. The molecule has 0 saturated carbocycles. The first-order chi connectivity index (χ1) is 9.25. The molecule has 1 heterocycles. The Balaban J connectivity index is 1.72. The zero-order valence-corrected chi connectivity index (χ0v) is 11.7. The average molecular weight is 261 g/mol. The van der Waals surface area contributed by atoms with Crippen molar-refractivity contribution in [3.63, 3.8) is 0 Å². The average Bonchev–Trinajstić information content (AvgIpc) is 2.65. The number of rotatable bonds is 4. The molecular weight excluding hydrogens is 238 g/mol. The van der Waals surface area contributed by atoms with Gasteiger partial charge < -0.3 is 9.64 Å². The summed E-state index contributed by atoms with van der Waals surface area (Å²) in [5, 5.41) is 0. The normalized spacial score (nSPS) is 19.8. The van der Waals surface area contributed by atoms with Crippen molar-refractivity contribution < 1.29 is 9.53 Å². The van der Waals surface area contributed by atoms with Crippen molar-refractivity contribution in [2.24, 2.45) is 5.92 Å². The Morgan fingerprint density at radius 1 is 1.26 bits per heavy atom. The van der Waals surface area contributed by atoms with Gasteiger partial charge in [-0.15, -0.1) is 0 Å². The molecule has 104 valence electrons. The molecule has 1 aliphatic rings. The first kappa shape index (κ1) is 13.9. The van der Waals surface area contributed by atoms with E-state index in [4.69, 9.17) is 4.74 Å². The first-order valence-corrected chi connectivity index (χ1v) is 7.21. The van der Waals surface area contributed by atoms with E-state index in [-0.39, 0.29) is 5.91 Å². The molecule has 1 aromatic carbocycles. The molecule has 1 aliphatic heterocycles. The lowest BCUT2D eigenvalue weighted by molar-refractivity contribution is -0.131. The molecule has 0 N–H and O–H groups in total. The van der Waals surface area contributed by atoms with Crippen LogP contribution in [0.4, 0.5) is 0 Å². The zero-order chi connectivity index (χ0) is 13.5. The highest BCUT2D eigenvalue weighted by Crippen LogP contribution is 2.17. The molecule has 0 radical (unpaired) electrons. The van der Waals surface area contributed by atoms with Crippen LogP contribution in [-0.2, 0) is 4.79 Å². The van der Waals surface area contributed by atoms with E-state index in [2.05, 4.69) is 6.92 Å². The first-order valence-electron chi connectivity index (χ1n) is 7.21. The monoisotopic (exact) mass is 261 g/mol. The Kier molecular flexibility index (Phi) is 5.25. The minimum Gasteiger partial charge on any atom is -0.493 e. The van der Waals surface area contributed by atoms with Gasteiger partial charge in [-0.3, -0.25) is 4.79 Å². The molecule has 1 fully saturated rings. The van der Waals surface area contributed by atoms with Crippen molar-refractivity contribution in [2.45, 2.75) is 32.6 Å². The Morgan fingerprint density at radius 2 is 2.05 bits per heavy atom. The van der Waals surface area contributed by atoms with Gasteiger partial charge in [0.1, 0.15) is 5.75 Å². The second-order valence-electron chi connectivity index (χ2n) is 5.33. The van der Waals surface area contributed by atoms with E-state index in [1.165, 1.54) is 6.42 Å². The third-order valence-electron chi connectivity index (χ3n) is 3.70. The molecule has 3 heteroatoms. The molecule has 1 amide bonds. The molecule has 0 aromatic heterocycles. The van der Waals surface area contributed by atoms with Gasteiger partial charge in [0.05, 0.1) is 13.0 Å². The van der Waals surface area contributed by atoms with Crippen LogP contribution in [-0.4, -0.2) is 30.5 Å². The van der Waals surface area contributed by atoms with Gasteiger partial charge in [-0.05, 0) is 37.3 Å². The predicted octanol–water partition coefficient (Wildman–Crippen LogP) is 3.10. The largest absolute Gasteiger partial charge is 0.493 e. The predicted molar refractivity (Wildman–Crippen MR) is 76.1 cm³/mol. The van der Waals surface area contributed by atoms with Crippen LogP contribution in [0, 0.1) is 5.92 Å². The highest BCUT2D eigenvalue weighted by atomic mass is 16.5. The molecule has 1 unspecified atom stereocenters. The van der Waals surface area contributed by atoms with Crippen molar-refractivity contribution >= 4 is 5.91 Å². The summed E-state index contributed by atoms with van der Waals surface area (Å²) in [5.41, 5.74) is 0. The van der Waals surface area contributed by atoms with Gasteiger partial charge in [-0.25, -0.2) is 0 Å². The van der Waals surface area contributed by atoms with Crippen LogP contribution in [0.3, 0.4) is 0 Å². The molecule has 1 aromatic rings. The van der Waals surface area contributed by atoms with E-state index >= 15 is 0 Å². The van der Waals surface area contributed by atoms with Gasteiger partial charge in [0.2, 0.25) is 5.91 Å². The van der Waals surface area contributed by atoms with Crippen LogP contribution >= 0.6 is 0 Å². The highest BCUT2D eigenvalue weighted by Gasteiger charge is 2.18. The van der Waals surface area contributed by atoms with Crippen LogP contribution in [0.5, 0.6) is 5.75 Å². The van der Waals surface area contributed by atoms with Crippen molar-refractivity contribution in [1.82, 2.24) is 4.90 Å². The Bertz CT molecular complexity index is 391. The maximum atomic E-state index is 12.1. The maximum Gasteiger partial charge on any atom is 0.225 e. The minimum atomic E-state index is 0.227. The maximum absolute atomic E-state index is 12.1. The molecule has 1 saturated heterocycles. The molecule has 0 aliphatic carbocycles. The Morgan fingerprint density at radius 3 is 2.84 bits per heavy atom. The summed E-state index contributed by atoms with van der Waals surface area (Å²) in [5.74, 6) is 1.81. The standard InChI is InChI=1S/C16H23NO2/c1-14-6-5-11-17(12-9-14)16(18)10-13-19-15-7-3-2-4-8-15/h2-4,7-8,14H,5-6,9-13H2,1H3. The smallest absolute Gasteiger partial charge is 0.225 e. The van der Waals surface area contributed by atoms with E-state index in [9.17, 15) is 4.79 Å². The summed E-state index contributed by atoms with van der Waals surface area (Å²) in [6, 6.07) is 9.66. The van der Waals surface area contributed by atoms with Crippen molar-refractivity contribution in [3.8, 4) is 5.75 Å². The second-order valence-corrected chi connectivity index (χ2v) is 5.33. The molecular formula is C16H23NO2. The quantitative estimate of drug-likeness (QED) is 0.833. The summed E-state index contributed by atoms with van der Waals surface area (Å²) in [6.45, 7) is 4.56. The van der Waals surface area contributed by atoms with Crippen molar-refractivity contribution in [3.05, 3.63) is 30.3 Å². The van der Waals surface area contributed by atoms with E-state index < -0.39 is 0 Å². The molecule has 19 heavy (non-hydrogen) atoms. The number of carbonyl (C=O) groups is 1. The molecule has 0 bridgehead atoms. The lowest BCUT2D eigenvalue weighted by Gasteiger charge is -2.20. The molecule has 0 spiro atoms. The molecule has 3 nitrogen and oxygen atoms in total. The van der Waals surface area contributed by atoms with Crippen LogP contribution in [0.15, 0.2) is 30.3 Å². The summed E-state index contributed by atoms with van der Waals surface area (Å²) in [7, 11) is 0. The van der Waals surface area contributed by atoms with Gasteiger partial charge >= 0.3 is 0 Å². The second kappa shape index (κ2) is 7.17. The van der Waals surface area contributed by atoms with Crippen LogP contribution in [0.2, 0.25) is 0 Å². The summed E-state index contributed by atoms with van der Waals surface area (Å²) in [4.78, 5) is 14.1. The van der Waals surface area contributed by atoms with Crippen molar-refractivity contribution in [1.29, 1.82) is 0 Å². The fraction of sp³-hybridized carbons (Fsp3) is 0.562. The number of amides is 1. The fourth-order valence-electron chi connectivity index (χ4n) is 2.44. The fourth-order valence-corrected chi connectivity index (χ4v) is 2.44. The van der Waals surface area contributed by atoms with Gasteiger partial charge in [0, 0.05) is 13.1 Å². The topological polar surface area (TPSA) is 29.5 Å². The van der Waals surface area contributed by atoms with E-state index in [1.807, 2.05) is 35.2 Å². The third-order valence-corrected chi connectivity index (χ3v) is 3.70. The number of para-hydroxylation sites is 1. The van der Waals surface area contributed by atoms with Gasteiger partial charge in [0.15, 0.2) is 0 Å². The number of hydrogen-bond donors (Lipinski definition) is 0. The van der Waals surface area contributed by atoms with Crippen LogP contribution in [0.25, 0.3) is 0 Å². The summed E-state index contributed by atoms with van der Waals surface area (Å²) in [6.07, 6.45) is 3.98. The Labute approximate surface area is 115 Å². The van der Waals surface area contributed by atoms with E-state index in [0.29, 0.717) is 13.0 Å². The van der Waals surface area contributed by atoms with E-state index in [1.54, 1.807) is 0 Å². The SMILES string of the molecule is CC1CCCN(C(=O)CCOc2ccccc2)CC1. The highest BCUT2D eigenvalue weighted by molar-refractivity contribution is 5.76. The van der Waals surface area contributed by atoms with Crippen LogP contribution in [0.1, 0.15) is 32.6 Å². The van der Waals surface area contributed by atoms with Crippen molar-refractivity contribution in [2.75, 3.05) is 19.7 Å². The molecule has 2 rings (SSSR count). The van der Waals surface area contributed by atoms with Gasteiger partial charge in [-0.1, -0.05) is 25.1 Å². The third kappa shape index (κ3) is 4.58. The number of likely N-dealkylation sites (tertiary alicyclic amines) is 1. The number of carbonyl (C=O) groups excluding carboxylic acids is 1. The van der Waals surface area contributed by atoms with Gasteiger partial charge in [0.25, 0.3) is 0 Å². The summed E-state index contributed by atoms with van der Waals surface area (Å²) < 4.78 is 5.57. The lowest BCUT2D eigenvalue weighted by Crippen LogP contribution is -2.32. The minimum absolute atomic E-state index is 0.227. The van der Waals surface area contributed by atoms with E-state index in [0.717, 1.165) is 37.6 Å². The number of hydrogen-bond acceptors (Lipinski definition) is 2. The number of benzene rings is 1. The lowest BCUT2D eigenvalue weighted by atomic mass is 10.0. The van der Waals surface area contributed by atoms with Gasteiger partial charge in [-0.2, -0.15) is 0 Å². The molecule has 1 atom stereocenters. The summed E-state index contributed by atoms with van der Waals surface area (Å²) >= 11 is 0.